The zero-order valence-electron chi connectivity index (χ0n) is 21.9. The number of rotatable bonds is 8. The van der Waals surface area contributed by atoms with Crippen molar-refractivity contribution in [1.82, 2.24) is 15.1 Å². The first-order valence-corrected chi connectivity index (χ1v) is 15.4. The lowest BCUT2D eigenvalue weighted by Gasteiger charge is -2.44. The highest BCUT2D eigenvalue weighted by Gasteiger charge is 2.44. The smallest absolute Gasteiger partial charge is 0.251 e. The molecule has 38 heavy (non-hydrogen) atoms. The topological polar surface area (TPSA) is 86.8 Å². The number of halogens is 2. The second-order valence-electron chi connectivity index (χ2n) is 10.6. The fraction of sp³-hybridized carbons (Fsp3) is 0.500. The standard InChI is InChI=1S/C28H35Cl2N3O4S/c1-18(2)32(3)23-9-12-26(20(16-23)17-38(36,37)24-10-7-21(29)8-11-24)33-14-13-25(28(33)35)31-27(34)19-5-4-6-22(30)15-19/h4-8,10-11,15,18,20,23,25-26H,9,12-14,16-17H2,1-3H3,(H,31,34)/t20-,23+,25?,26-/m0/s1. The Balaban J connectivity index is 1.53. The van der Waals surface area contributed by atoms with Gasteiger partial charge in [-0.1, -0.05) is 29.3 Å². The van der Waals surface area contributed by atoms with Crippen LogP contribution >= 0.6 is 23.2 Å². The van der Waals surface area contributed by atoms with Crippen LogP contribution in [0.1, 0.15) is 49.9 Å². The number of carbonyl (C=O) groups is 2. The molecule has 2 aromatic rings. The molecular formula is C28H35Cl2N3O4S. The van der Waals surface area contributed by atoms with E-state index >= 15 is 0 Å². The largest absolute Gasteiger partial charge is 0.340 e. The Morgan fingerprint density at radius 2 is 1.79 bits per heavy atom. The van der Waals surface area contributed by atoms with Crippen LogP contribution in [-0.4, -0.2) is 73.5 Å². The molecule has 2 aromatic carbocycles. The van der Waals surface area contributed by atoms with Crippen LogP contribution < -0.4 is 5.32 Å². The van der Waals surface area contributed by atoms with Crippen molar-refractivity contribution in [2.45, 2.75) is 68.6 Å². The second-order valence-corrected chi connectivity index (χ2v) is 13.6. The lowest BCUT2D eigenvalue weighted by molar-refractivity contribution is -0.133. The van der Waals surface area contributed by atoms with E-state index in [0.29, 0.717) is 47.5 Å². The van der Waals surface area contributed by atoms with Crippen molar-refractivity contribution in [3.63, 3.8) is 0 Å². The average molecular weight is 581 g/mol. The van der Waals surface area contributed by atoms with E-state index in [9.17, 15) is 18.0 Å². The van der Waals surface area contributed by atoms with Crippen LogP contribution in [-0.2, 0) is 14.6 Å². The van der Waals surface area contributed by atoms with Crippen LogP contribution in [0.15, 0.2) is 53.4 Å². The molecule has 1 heterocycles. The van der Waals surface area contributed by atoms with Gasteiger partial charge < -0.3 is 15.1 Å². The summed E-state index contributed by atoms with van der Waals surface area (Å²) in [6, 6.07) is 12.5. The van der Waals surface area contributed by atoms with Gasteiger partial charge in [-0.3, -0.25) is 9.59 Å². The summed E-state index contributed by atoms with van der Waals surface area (Å²) >= 11 is 12.0. The molecule has 2 fully saturated rings. The fourth-order valence-electron chi connectivity index (χ4n) is 5.66. The zero-order valence-corrected chi connectivity index (χ0v) is 24.3. The number of benzene rings is 2. The highest BCUT2D eigenvalue weighted by atomic mass is 35.5. The third-order valence-electron chi connectivity index (χ3n) is 7.94. The Bertz CT molecular complexity index is 1270. The molecule has 0 radical (unpaired) electrons. The molecule has 0 aromatic heterocycles. The van der Waals surface area contributed by atoms with E-state index in [0.717, 1.165) is 6.42 Å². The van der Waals surface area contributed by atoms with Gasteiger partial charge >= 0.3 is 0 Å². The highest BCUT2D eigenvalue weighted by molar-refractivity contribution is 7.91. The lowest BCUT2D eigenvalue weighted by atomic mass is 9.81. The van der Waals surface area contributed by atoms with Crippen LogP contribution in [0.25, 0.3) is 0 Å². The van der Waals surface area contributed by atoms with Gasteiger partial charge in [0.1, 0.15) is 6.04 Å². The fourth-order valence-corrected chi connectivity index (χ4v) is 7.64. The van der Waals surface area contributed by atoms with Gasteiger partial charge in [0, 0.05) is 40.3 Å². The number of hydrogen-bond donors (Lipinski definition) is 1. The minimum absolute atomic E-state index is 0.0505. The van der Waals surface area contributed by atoms with Crippen molar-refractivity contribution in [2.24, 2.45) is 5.92 Å². The van der Waals surface area contributed by atoms with Gasteiger partial charge in [0.2, 0.25) is 5.91 Å². The van der Waals surface area contributed by atoms with E-state index in [1.54, 1.807) is 41.3 Å². The Hall–Kier alpha value is -2.13. The highest BCUT2D eigenvalue weighted by Crippen LogP contribution is 2.36. The van der Waals surface area contributed by atoms with Crippen LogP contribution in [0.4, 0.5) is 0 Å². The molecule has 1 saturated heterocycles. The van der Waals surface area contributed by atoms with Crippen molar-refractivity contribution >= 4 is 44.9 Å². The summed E-state index contributed by atoms with van der Waals surface area (Å²) in [7, 11) is -1.52. The number of nitrogens with one attached hydrogen (secondary N) is 1. The van der Waals surface area contributed by atoms with Crippen LogP contribution in [0.2, 0.25) is 10.0 Å². The van der Waals surface area contributed by atoms with Crippen molar-refractivity contribution in [1.29, 1.82) is 0 Å². The maximum Gasteiger partial charge on any atom is 0.251 e. The molecule has 1 aliphatic carbocycles. The van der Waals surface area contributed by atoms with Gasteiger partial charge in [0.05, 0.1) is 10.6 Å². The van der Waals surface area contributed by atoms with Crippen LogP contribution in [0, 0.1) is 5.92 Å². The van der Waals surface area contributed by atoms with Gasteiger partial charge in [-0.25, -0.2) is 8.42 Å². The Kier molecular flexibility index (Phi) is 9.07. The van der Waals surface area contributed by atoms with Gasteiger partial charge in [0.15, 0.2) is 9.84 Å². The Morgan fingerprint density at radius 1 is 1.08 bits per heavy atom. The van der Waals surface area contributed by atoms with E-state index in [1.165, 1.54) is 12.1 Å². The zero-order chi connectivity index (χ0) is 27.6. The summed E-state index contributed by atoms with van der Waals surface area (Å²) in [5, 5.41) is 3.78. The van der Waals surface area contributed by atoms with Gasteiger partial charge in [0.25, 0.3) is 5.91 Å². The maximum atomic E-state index is 13.5. The first-order chi connectivity index (χ1) is 18.0. The summed E-state index contributed by atoms with van der Waals surface area (Å²) in [5.74, 6) is -0.792. The number of sulfone groups is 1. The van der Waals surface area contributed by atoms with E-state index < -0.39 is 15.9 Å². The minimum atomic E-state index is -3.60. The predicted molar refractivity (Wildman–Crippen MR) is 150 cm³/mol. The third kappa shape index (κ3) is 6.53. The molecule has 1 N–H and O–H groups in total. The summed E-state index contributed by atoms with van der Waals surface area (Å²) in [4.78, 5) is 30.6. The van der Waals surface area contributed by atoms with Crippen LogP contribution in [0.3, 0.4) is 0 Å². The molecule has 1 unspecified atom stereocenters. The summed E-state index contributed by atoms with van der Waals surface area (Å²) in [6.07, 6.45) is 2.74. The lowest BCUT2D eigenvalue weighted by Crippen LogP contribution is -2.53. The molecule has 4 rings (SSSR count). The quantitative estimate of drug-likeness (QED) is 0.491. The molecular weight excluding hydrogens is 545 g/mol. The molecule has 0 bridgehead atoms. The number of amides is 2. The predicted octanol–water partition coefficient (Wildman–Crippen LogP) is 4.68. The number of carbonyl (C=O) groups excluding carboxylic acids is 2. The SMILES string of the molecule is CC(C)N(C)[C@@H]1CC[C@H](N2CCC(NC(=O)c3cccc(Cl)c3)C2=O)[C@H](CS(=O)(=O)c2ccc(Cl)cc2)C1. The molecule has 2 amide bonds. The normalized spacial score (nSPS) is 24.3. The number of hydrogen-bond acceptors (Lipinski definition) is 5. The van der Waals surface area contributed by atoms with E-state index in [-0.39, 0.29) is 40.5 Å². The van der Waals surface area contributed by atoms with E-state index in [1.807, 2.05) is 0 Å². The van der Waals surface area contributed by atoms with Gasteiger partial charge in [-0.05, 0) is 95.0 Å². The number of likely N-dealkylation sites (tertiary alicyclic amines) is 1. The summed E-state index contributed by atoms with van der Waals surface area (Å²) < 4.78 is 26.9. The van der Waals surface area contributed by atoms with Crippen molar-refractivity contribution in [3.8, 4) is 0 Å². The van der Waals surface area contributed by atoms with E-state index in [2.05, 4.69) is 31.1 Å². The summed E-state index contributed by atoms with van der Waals surface area (Å²) in [5.41, 5.74) is 0.396. The monoisotopic (exact) mass is 579 g/mol. The minimum Gasteiger partial charge on any atom is -0.340 e. The molecule has 2 aliphatic rings. The Morgan fingerprint density at radius 3 is 2.45 bits per heavy atom. The van der Waals surface area contributed by atoms with Gasteiger partial charge in [-0.15, -0.1) is 0 Å². The van der Waals surface area contributed by atoms with Crippen molar-refractivity contribution in [2.75, 3.05) is 19.3 Å². The average Bonchev–Trinajstić information content (AvgIpc) is 3.23. The van der Waals surface area contributed by atoms with Gasteiger partial charge in [-0.2, -0.15) is 0 Å². The first kappa shape index (κ1) is 28.9. The first-order valence-electron chi connectivity index (χ1n) is 13.0. The molecule has 7 nitrogen and oxygen atoms in total. The molecule has 10 heteroatoms. The molecule has 206 valence electrons. The number of nitrogens with zero attached hydrogens (tertiary/aromatic N) is 2. The van der Waals surface area contributed by atoms with Crippen LogP contribution in [0.5, 0.6) is 0 Å². The van der Waals surface area contributed by atoms with E-state index in [4.69, 9.17) is 23.2 Å². The molecule has 1 aliphatic heterocycles. The van der Waals surface area contributed by atoms with Crippen molar-refractivity contribution < 1.29 is 18.0 Å². The molecule has 1 saturated carbocycles. The molecule has 0 spiro atoms. The molecule has 4 atom stereocenters. The van der Waals surface area contributed by atoms with Crippen molar-refractivity contribution in [3.05, 3.63) is 64.1 Å². The summed E-state index contributed by atoms with van der Waals surface area (Å²) in [6.45, 7) is 4.73. The second kappa shape index (κ2) is 11.9. The Labute approximate surface area is 235 Å². The maximum absolute atomic E-state index is 13.5. The third-order valence-corrected chi connectivity index (χ3v) is 10.3.